The zero-order valence-electron chi connectivity index (χ0n) is 14.4. The van der Waals surface area contributed by atoms with Crippen LogP contribution in [0.5, 0.6) is 5.75 Å². The molecule has 1 aromatic carbocycles. The van der Waals surface area contributed by atoms with E-state index in [0.29, 0.717) is 21.4 Å². The topological polar surface area (TPSA) is 64.1 Å². The van der Waals surface area contributed by atoms with Crippen LogP contribution in [0.15, 0.2) is 47.6 Å². The lowest BCUT2D eigenvalue weighted by atomic mass is 10.1. The second-order valence-corrected chi connectivity index (χ2v) is 7.34. The van der Waals surface area contributed by atoms with Crippen molar-refractivity contribution in [1.29, 1.82) is 0 Å². The highest BCUT2D eigenvalue weighted by Gasteiger charge is 2.16. The molecule has 27 heavy (non-hydrogen) atoms. The molecule has 140 valence electrons. The highest BCUT2D eigenvalue weighted by atomic mass is 32.2. The van der Waals surface area contributed by atoms with Crippen molar-refractivity contribution in [3.05, 3.63) is 53.0 Å². The number of halogens is 2. The molecule has 0 bridgehead atoms. The van der Waals surface area contributed by atoms with Crippen molar-refractivity contribution >= 4 is 34.1 Å². The minimum absolute atomic E-state index is 0.0799. The fourth-order valence-electron chi connectivity index (χ4n) is 2.40. The Morgan fingerprint density at radius 3 is 2.67 bits per heavy atom. The number of nitrogens with zero attached hydrogens (tertiary/aromatic N) is 2. The predicted molar refractivity (Wildman–Crippen MR) is 103 cm³/mol. The number of aromatic nitrogens is 2. The van der Waals surface area contributed by atoms with Crippen LogP contribution < -0.4 is 10.1 Å². The van der Waals surface area contributed by atoms with Crippen molar-refractivity contribution in [2.75, 3.05) is 11.6 Å². The van der Waals surface area contributed by atoms with Gasteiger partial charge in [-0.15, -0.1) is 23.1 Å². The lowest BCUT2D eigenvalue weighted by Crippen LogP contribution is -2.13. The third-order valence-electron chi connectivity index (χ3n) is 3.58. The van der Waals surface area contributed by atoms with E-state index in [2.05, 4.69) is 20.0 Å². The number of pyridine rings is 1. The van der Waals surface area contributed by atoms with Crippen molar-refractivity contribution in [3.63, 3.8) is 0 Å². The van der Waals surface area contributed by atoms with Crippen LogP contribution in [0.25, 0.3) is 11.3 Å². The largest absolute Gasteiger partial charge is 0.435 e. The molecular formula is C18H15F2N3O2S2. The Labute approximate surface area is 162 Å². The van der Waals surface area contributed by atoms with Crippen molar-refractivity contribution in [2.45, 2.75) is 18.6 Å². The van der Waals surface area contributed by atoms with Gasteiger partial charge in [0.2, 0.25) is 0 Å². The lowest BCUT2D eigenvalue weighted by molar-refractivity contribution is -0.0498. The Morgan fingerprint density at radius 1 is 1.26 bits per heavy atom. The van der Waals surface area contributed by atoms with Gasteiger partial charge < -0.3 is 4.74 Å². The molecule has 5 nitrogen and oxygen atoms in total. The van der Waals surface area contributed by atoms with Gasteiger partial charge in [-0.1, -0.05) is 0 Å². The first-order chi connectivity index (χ1) is 13.0. The van der Waals surface area contributed by atoms with Gasteiger partial charge in [0, 0.05) is 16.6 Å². The van der Waals surface area contributed by atoms with Crippen LogP contribution in [0.2, 0.25) is 0 Å². The number of thioether (sulfide) groups is 1. The van der Waals surface area contributed by atoms with E-state index in [9.17, 15) is 13.6 Å². The standard InChI is InChI=1S/C18H15F2N3O2S2/c1-10-14(11-5-7-12(8-6-11)25-17(19)20)22-18(27-10)23-15(24)13-4-3-9-21-16(13)26-2/h3-9,17H,1-2H3,(H,22,23,24). The summed E-state index contributed by atoms with van der Waals surface area (Å²) >= 11 is 2.73. The van der Waals surface area contributed by atoms with Gasteiger partial charge in [0.15, 0.2) is 5.13 Å². The minimum Gasteiger partial charge on any atom is -0.435 e. The molecule has 0 aliphatic rings. The normalized spacial score (nSPS) is 10.9. The predicted octanol–water partition coefficient (Wildman–Crippen LogP) is 5.09. The van der Waals surface area contributed by atoms with Crippen LogP contribution in [0.4, 0.5) is 13.9 Å². The molecule has 0 saturated heterocycles. The monoisotopic (exact) mass is 407 g/mol. The number of hydrogen-bond acceptors (Lipinski definition) is 6. The second kappa shape index (κ2) is 8.45. The van der Waals surface area contributed by atoms with Crippen molar-refractivity contribution in [3.8, 4) is 17.0 Å². The molecule has 0 atom stereocenters. The number of carbonyl (C=O) groups is 1. The molecule has 1 N–H and O–H groups in total. The summed E-state index contributed by atoms with van der Waals surface area (Å²) in [6, 6.07) is 9.63. The number of anilines is 1. The van der Waals surface area contributed by atoms with Crippen LogP contribution in [-0.2, 0) is 0 Å². The van der Waals surface area contributed by atoms with Gasteiger partial charge in [-0.2, -0.15) is 8.78 Å². The first kappa shape index (κ1) is 19.2. The summed E-state index contributed by atoms with van der Waals surface area (Å²) in [5.41, 5.74) is 1.90. The van der Waals surface area contributed by atoms with Crippen LogP contribution >= 0.6 is 23.1 Å². The molecule has 3 aromatic rings. The van der Waals surface area contributed by atoms with Gasteiger partial charge in [-0.3, -0.25) is 10.1 Å². The number of carbonyl (C=O) groups excluding carboxylic acids is 1. The Kier molecular flexibility index (Phi) is 6.02. The molecule has 3 rings (SSSR count). The number of alkyl halides is 2. The zero-order valence-corrected chi connectivity index (χ0v) is 16.0. The van der Waals surface area contributed by atoms with Gasteiger partial charge in [0.1, 0.15) is 10.8 Å². The zero-order chi connectivity index (χ0) is 19.4. The van der Waals surface area contributed by atoms with Gasteiger partial charge in [0.05, 0.1) is 11.3 Å². The SMILES string of the molecule is CSc1ncccc1C(=O)Nc1nc(-c2ccc(OC(F)F)cc2)c(C)s1. The lowest BCUT2D eigenvalue weighted by Gasteiger charge is -2.05. The third kappa shape index (κ3) is 4.61. The minimum atomic E-state index is -2.86. The number of nitrogens with one attached hydrogen (secondary N) is 1. The van der Waals surface area contributed by atoms with E-state index in [1.807, 2.05) is 13.2 Å². The number of rotatable bonds is 6. The van der Waals surface area contributed by atoms with Crippen LogP contribution in [-0.4, -0.2) is 28.7 Å². The summed E-state index contributed by atoms with van der Waals surface area (Å²) in [6.07, 6.45) is 3.49. The van der Waals surface area contributed by atoms with E-state index in [4.69, 9.17) is 0 Å². The maximum absolute atomic E-state index is 12.5. The average molecular weight is 407 g/mol. The summed E-state index contributed by atoms with van der Waals surface area (Å²) in [5, 5.41) is 3.88. The van der Waals surface area contributed by atoms with E-state index < -0.39 is 6.61 Å². The Balaban J connectivity index is 1.79. The van der Waals surface area contributed by atoms with E-state index in [0.717, 1.165) is 10.4 Å². The molecule has 0 spiro atoms. The van der Waals surface area contributed by atoms with E-state index in [1.54, 1.807) is 30.5 Å². The van der Waals surface area contributed by atoms with E-state index in [1.165, 1.54) is 35.2 Å². The molecule has 9 heteroatoms. The van der Waals surface area contributed by atoms with Gasteiger partial charge in [0.25, 0.3) is 5.91 Å². The molecule has 0 radical (unpaired) electrons. The van der Waals surface area contributed by atoms with E-state index in [-0.39, 0.29) is 11.7 Å². The van der Waals surface area contributed by atoms with Crippen molar-refractivity contribution in [2.24, 2.45) is 0 Å². The third-order valence-corrected chi connectivity index (χ3v) is 5.18. The molecule has 0 fully saturated rings. The molecule has 0 saturated carbocycles. The second-order valence-electron chi connectivity index (χ2n) is 5.34. The quantitative estimate of drug-likeness (QED) is 0.577. The number of benzene rings is 1. The van der Waals surface area contributed by atoms with Crippen LogP contribution in [0, 0.1) is 6.92 Å². The Morgan fingerprint density at radius 2 is 2.00 bits per heavy atom. The van der Waals surface area contributed by atoms with E-state index >= 15 is 0 Å². The fraction of sp³-hybridized carbons (Fsp3) is 0.167. The molecule has 0 aliphatic carbocycles. The summed E-state index contributed by atoms with van der Waals surface area (Å²) in [4.78, 5) is 22.0. The van der Waals surface area contributed by atoms with Crippen molar-refractivity contribution < 1.29 is 18.3 Å². The summed E-state index contributed by atoms with van der Waals surface area (Å²) in [7, 11) is 0. The molecular weight excluding hydrogens is 392 g/mol. The maximum atomic E-state index is 12.5. The first-order valence-electron chi connectivity index (χ1n) is 7.81. The molecule has 2 heterocycles. The smallest absolute Gasteiger partial charge is 0.387 e. The average Bonchev–Trinajstić information content (AvgIpc) is 3.02. The summed E-state index contributed by atoms with van der Waals surface area (Å²) in [6.45, 7) is -0.985. The number of aryl methyl sites for hydroxylation is 1. The van der Waals surface area contributed by atoms with Gasteiger partial charge in [-0.25, -0.2) is 9.97 Å². The number of hydrogen-bond donors (Lipinski definition) is 1. The van der Waals surface area contributed by atoms with Gasteiger partial charge in [-0.05, 0) is 49.6 Å². The first-order valence-corrected chi connectivity index (χ1v) is 9.85. The molecule has 0 aliphatic heterocycles. The Hall–Kier alpha value is -2.52. The highest BCUT2D eigenvalue weighted by molar-refractivity contribution is 7.98. The van der Waals surface area contributed by atoms with Gasteiger partial charge >= 0.3 is 6.61 Å². The Bertz CT molecular complexity index is 946. The molecule has 0 unspecified atom stereocenters. The molecule has 1 amide bonds. The fourth-order valence-corrected chi connectivity index (χ4v) is 3.78. The number of ether oxygens (including phenoxy) is 1. The summed E-state index contributed by atoms with van der Waals surface area (Å²) < 4.78 is 28.8. The summed E-state index contributed by atoms with van der Waals surface area (Å²) in [5.74, 6) is -0.204. The van der Waals surface area contributed by atoms with Crippen LogP contribution in [0.1, 0.15) is 15.2 Å². The maximum Gasteiger partial charge on any atom is 0.387 e. The van der Waals surface area contributed by atoms with Crippen molar-refractivity contribution in [1.82, 2.24) is 9.97 Å². The highest BCUT2D eigenvalue weighted by Crippen LogP contribution is 2.32. The number of thiazole rings is 1. The number of amides is 1. The molecule has 2 aromatic heterocycles. The van der Waals surface area contributed by atoms with Crippen LogP contribution in [0.3, 0.4) is 0 Å².